The van der Waals surface area contributed by atoms with E-state index < -0.39 is 63.4 Å². The van der Waals surface area contributed by atoms with Gasteiger partial charge in [0.2, 0.25) is 0 Å². The van der Waals surface area contributed by atoms with Crippen molar-refractivity contribution >= 4 is 17.7 Å². The molecule has 2 rings (SSSR count). The molecule has 0 aliphatic rings. The van der Waals surface area contributed by atoms with Gasteiger partial charge in [0, 0.05) is 11.1 Å². The molecule has 0 radical (unpaired) electrons. The van der Waals surface area contributed by atoms with Crippen molar-refractivity contribution in [2.45, 2.75) is 6.18 Å². The Labute approximate surface area is 136 Å². The number of carboxylic acids is 1. The zero-order valence-electron chi connectivity index (χ0n) is 12.1. The van der Waals surface area contributed by atoms with Gasteiger partial charge in [0.05, 0.1) is 11.3 Å². The maximum atomic E-state index is 14.3. The maximum absolute atomic E-state index is 14.3. The normalized spacial score (nSPS) is 11.4. The summed E-state index contributed by atoms with van der Waals surface area (Å²) in [6, 6.07) is 0.623. The van der Waals surface area contributed by atoms with Gasteiger partial charge in [-0.3, -0.25) is 0 Å². The number of carbonyl (C=O) groups is 1. The molecule has 1 aromatic heterocycles. The van der Waals surface area contributed by atoms with Gasteiger partial charge in [-0.2, -0.15) is 13.2 Å². The molecule has 4 nitrogen and oxygen atoms in total. The number of hydrogen-bond acceptors (Lipinski definition) is 3. The van der Waals surface area contributed by atoms with Crippen molar-refractivity contribution < 1.29 is 36.2 Å². The number of alkyl halides is 3. The number of aromatic nitrogens is 1. The Morgan fingerprint density at radius 3 is 2.24 bits per heavy atom. The Morgan fingerprint density at radius 1 is 1.16 bits per heavy atom. The molecule has 0 aliphatic heterocycles. The summed E-state index contributed by atoms with van der Waals surface area (Å²) < 4.78 is 79.7. The Hall–Kier alpha value is -3.04. The Morgan fingerprint density at radius 2 is 1.76 bits per heavy atom. The second kappa shape index (κ2) is 6.11. The first-order valence-corrected chi connectivity index (χ1v) is 6.41. The number of carboxylic acid groups (broad SMARTS) is 1. The first kappa shape index (κ1) is 18.3. The van der Waals surface area contributed by atoms with E-state index in [4.69, 9.17) is 10.8 Å². The molecule has 1 heterocycles. The number of aromatic carboxylic acids is 1. The van der Waals surface area contributed by atoms with Gasteiger partial charge < -0.3 is 10.8 Å². The van der Waals surface area contributed by atoms with E-state index in [0.717, 1.165) is 6.08 Å². The number of rotatable bonds is 3. The first-order chi connectivity index (χ1) is 11.5. The fraction of sp³-hybridized carbons (Fsp3) is 0.0667. The van der Waals surface area contributed by atoms with Gasteiger partial charge in [-0.15, -0.1) is 0 Å². The predicted molar refractivity (Wildman–Crippen MR) is 76.0 cm³/mol. The number of benzene rings is 1. The summed E-state index contributed by atoms with van der Waals surface area (Å²) in [5, 5.41) is 9.05. The molecule has 0 bridgehead atoms. The van der Waals surface area contributed by atoms with Crippen LogP contribution in [0.1, 0.15) is 21.6 Å². The average molecular weight is 362 g/mol. The fourth-order valence-electron chi connectivity index (χ4n) is 2.09. The zero-order chi connectivity index (χ0) is 19.1. The Kier molecular flexibility index (Phi) is 4.47. The molecule has 0 saturated carbocycles. The van der Waals surface area contributed by atoms with Crippen molar-refractivity contribution in [3.05, 3.63) is 53.0 Å². The maximum Gasteiger partial charge on any atom is 0.419 e. The third-order valence-corrected chi connectivity index (χ3v) is 3.26. The number of halogens is 6. The number of nitrogen functional groups attached to an aromatic ring is 1. The minimum atomic E-state index is -5.17. The molecule has 0 spiro atoms. The minimum Gasteiger partial charge on any atom is -0.476 e. The van der Waals surface area contributed by atoms with Crippen LogP contribution in [0.25, 0.3) is 17.3 Å². The van der Waals surface area contributed by atoms with Crippen LogP contribution >= 0.6 is 0 Å². The summed E-state index contributed by atoms with van der Waals surface area (Å²) >= 11 is 0. The van der Waals surface area contributed by atoms with Crippen LogP contribution in [0.2, 0.25) is 0 Å². The quantitative estimate of drug-likeness (QED) is 0.806. The van der Waals surface area contributed by atoms with E-state index in [0.29, 0.717) is 6.07 Å². The number of anilines is 1. The molecule has 0 saturated heterocycles. The number of hydrogen-bond donors (Lipinski definition) is 2. The van der Waals surface area contributed by atoms with Crippen LogP contribution in [-0.2, 0) is 6.18 Å². The topological polar surface area (TPSA) is 76.2 Å². The highest BCUT2D eigenvalue weighted by molar-refractivity contribution is 5.94. The van der Waals surface area contributed by atoms with Crippen molar-refractivity contribution in [1.82, 2.24) is 4.98 Å². The van der Waals surface area contributed by atoms with Crippen molar-refractivity contribution in [2.24, 2.45) is 0 Å². The lowest BCUT2D eigenvalue weighted by Crippen LogP contribution is -2.13. The van der Waals surface area contributed by atoms with Crippen LogP contribution in [0.4, 0.5) is 32.0 Å². The Bertz CT molecular complexity index is 893. The second-order valence-corrected chi connectivity index (χ2v) is 4.75. The molecule has 2 aromatic rings. The van der Waals surface area contributed by atoms with E-state index in [1.54, 1.807) is 0 Å². The molecule has 1 aromatic carbocycles. The number of nitrogens with zero attached hydrogens (tertiary/aromatic N) is 1. The third-order valence-electron chi connectivity index (χ3n) is 3.26. The molecule has 3 N–H and O–H groups in total. The van der Waals surface area contributed by atoms with E-state index in [-0.39, 0.29) is 6.07 Å². The molecule has 132 valence electrons. The summed E-state index contributed by atoms with van der Waals surface area (Å²) in [7, 11) is 0. The Balaban J connectivity index is 2.82. The summed E-state index contributed by atoms with van der Waals surface area (Å²) in [4.78, 5) is 14.5. The van der Waals surface area contributed by atoms with Gasteiger partial charge in [-0.25, -0.2) is 22.9 Å². The van der Waals surface area contributed by atoms with E-state index in [2.05, 4.69) is 11.6 Å². The van der Waals surface area contributed by atoms with Crippen molar-refractivity contribution in [3.8, 4) is 11.3 Å². The van der Waals surface area contributed by atoms with Crippen molar-refractivity contribution in [3.63, 3.8) is 0 Å². The molecule has 10 heteroatoms. The van der Waals surface area contributed by atoms with Crippen LogP contribution in [-0.4, -0.2) is 16.1 Å². The van der Waals surface area contributed by atoms with E-state index in [9.17, 15) is 31.1 Å². The highest BCUT2D eigenvalue weighted by Crippen LogP contribution is 2.37. The van der Waals surface area contributed by atoms with Crippen molar-refractivity contribution in [2.75, 3.05) is 5.73 Å². The summed E-state index contributed by atoms with van der Waals surface area (Å²) in [5.41, 5.74) is -0.515. The molecule has 0 unspecified atom stereocenters. The van der Waals surface area contributed by atoms with Gasteiger partial charge in [0.15, 0.2) is 23.1 Å². The van der Waals surface area contributed by atoms with Gasteiger partial charge in [-0.05, 0) is 12.1 Å². The van der Waals surface area contributed by atoms with Gasteiger partial charge >= 0.3 is 12.1 Å². The number of pyridine rings is 1. The van der Waals surface area contributed by atoms with Gasteiger partial charge in [0.1, 0.15) is 5.69 Å². The smallest absolute Gasteiger partial charge is 0.419 e. The summed E-state index contributed by atoms with van der Waals surface area (Å²) in [6.45, 7) is 3.24. The third kappa shape index (κ3) is 3.02. The molecule has 0 fully saturated rings. The fourth-order valence-corrected chi connectivity index (χ4v) is 2.09. The van der Waals surface area contributed by atoms with Crippen LogP contribution in [0.3, 0.4) is 0 Å². The van der Waals surface area contributed by atoms with Crippen LogP contribution in [0.15, 0.2) is 18.7 Å². The lowest BCUT2D eigenvalue weighted by Gasteiger charge is -2.14. The summed E-state index contributed by atoms with van der Waals surface area (Å²) in [6.07, 6.45) is -4.28. The van der Waals surface area contributed by atoms with Crippen LogP contribution in [0, 0.1) is 17.5 Å². The molecule has 0 aliphatic carbocycles. The molecule has 0 amide bonds. The minimum absolute atomic E-state index is 0.187. The molecular weight excluding hydrogens is 354 g/mol. The molecular formula is C15H8F6N2O2. The van der Waals surface area contributed by atoms with Crippen LogP contribution in [0.5, 0.6) is 0 Å². The van der Waals surface area contributed by atoms with E-state index in [1.165, 1.54) is 0 Å². The van der Waals surface area contributed by atoms with Crippen molar-refractivity contribution in [1.29, 1.82) is 0 Å². The lowest BCUT2D eigenvalue weighted by atomic mass is 10.0. The van der Waals surface area contributed by atoms with E-state index >= 15 is 0 Å². The molecule has 0 atom stereocenters. The lowest BCUT2D eigenvalue weighted by molar-refractivity contribution is -0.140. The summed E-state index contributed by atoms with van der Waals surface area (Å²) in [5.74, 6) is -7.40. The first-order valence-electron chi connectivity index (χ1n) is 6.41. The highest BCUT2D eigenvalue weighted by atomic mass is 19.4. The van der Waals surface area contributed by atoms with Crippen LogP contribution < -0.4 is 5.73 Å². The highest BCUT2D eigenvalue weighted by Gasteiger charge is 2.36. The van der Waals surface area contributed by atoms with E-state index in [1.807, 2.05) is 0 Å². The predicted octanol–water partition coefficient (Wildman–Crippen LogP) is 4.11. The second-order valence-electron chi connectivity index (χ2n) is 4.75. The van der Waals surface area contributed by atoms with Gasteiger partial charge in [-0.1, -0.05) is 12.7 Å². The standard InChI is InChI=1S/C15H8F6N2O2/c1-2-5-11(22)10(18)12(23-13(5)14(24)25)6-3-4-7(15(19,20)21)9(17)8(6)16/h2-4H,1H2,(H2,22,23)(H,24,25). The number of nitrogens with two attached hydrogens (primary N) is 1. The largest absolute Gasteiger partial charge is 0.476 e. The molecule has 25 heavy (non-hydrogen) atoms. The average Bonchev–Trinajstić information content (AvgIpc) is 2.51. The zero-order valence-corrected chi connectivity index (χ0v) is 12.1. The monoisotopic (exact) mass is 362 g/mol. The van der Waals surface area contributed by atoms with Gasteiger partial charge in [0.25, 0.3) is 0 Å². The SMILES string of the molecule is C=Cc1c(C(=O)O)nc(-c2ccc(C(F)(F)F)c(F)c2F)c(F)c1N.